The van der Waals surface area contributed by atoms with Crippen LogP contribution in [0, 0.1) is 18.8 Å². The van der Waals surface area contributed by atoms with Gasteiger partial charge in [-0.05, 0) is 49.3 Å². The Morgan fingerprint density at radius 3 is 2.00 bits per heavy atom. The Kier molecular flexibility index (Phi) is 13.5. The lowest BCUT2D eigenvalue weighted by Gasteiger charge is -2.23. The van der Waals surface area contributed by atoms with Gasteiger partial charge in [0.1, 0.15) is 0 Å². The van der Waals surface area contributed by atoms with Crippen molar-refractivity contribution in [2.24, 2.45) is 11.8 Å². The van der Waals surface area contributed by atoms with E-state index in [0.717, 1.165) is 36.9 Å². The number of nitrogens with one attached hydrogen (secondary N) is 3. The first-order valence-corrected chi connectivity index (χ1v) is 12.5. The minimum Gasteiger partial charge on any atom is -0.338 e. The maximum atomic E-state index is 12.7. The Hall–Kier alpha value is -2.24. The molecular formula is C26H46N4O2. The molecule has 0 saturated carbocycles. The topological polar surface area (TPSA) is 73.5 Å². The van der Waals surface area contributed by atoms with E-state index >= 15 is 0 Å². The molecule has 0 heterocycles. The Labute approximate surface area is 195 Å². The molecule has 6 heteroatoms. The Morgan fingerprint density at radius 2 is 1.47 bits per heavy atom. The van der Waals surface area contributed by atoms with Gasteiger partial charge in [-0.1, -0.05) is 72.3 Å². The first kappa shape index (κ1) is 27.8. The third kappa shape index (κ3) is 9.92. The van der Waals surface area contributed by atoms with Gasteiger partial charge in [0.2, 0.25) is 0 Å². The fourth-order valence-electron chi connectivity index (χ4n) is 3.81. The van der Waals surface area contributed by atoms with E-state index in [2.05, 4.69) is 43.6 Å². The van der Waals surface area contributed by atoms with E-state index in [1.54, 1.807) is 11.9 Å². The van der Waals surface area contributed by atoms with Crippen molar-refractivity contribution in [2.75, 3.05) is 30.4 Å². The highest BCUT2D eigenvalue weighted by Crippen LogP contribution is 2.24. The van der Waals surface area contributed by atoms with Crippen LogP contribution in [-0.2, 0) is 0 Å². The number of anilines is 2. The molecule has 6 nitrogen and oxygen atoms in total. The smallest absolute Gasteiger partial charge is 0.321 e. The van der Waals surface area contributed by atoms with Crippen molar-refractivity contribution in [3.63, 3.8) is 0 Å². The van der Waals surface area contributed by atoms with Crippen LogP contribution >= 0.6 is 0 Å². The summed E-state index contributed by atoms with van der Waals surface area (Å²) in [5.41, 5.74) is 2.45. The zero-order valence-electron chi connectivity index (χ0n) is 21.2. The Morgan fingerprint density at radius 1 is 0.906 bits per heavy atom. The highest BCUT2D eigenvalue weighted by atomic mass is 16.2. The summed E-state index contributed by atoms with van der Waals surface area (Å²) in [5.74, 6) is 1.02. The van der Waals surface area contributed by atoms with Gasteiger partial charge in [0.25, 0.3) is 0 Å². The molecule has 2 atom stereocenters. The minimum absolute atomic E-state index is 0.119. The normalized spacial score (nSPS) is 12.7. The predicted octanol–water partition coefficient (Wildman–Crippen LogP) is 6.70. The number of hydrogen-bond donors (Lipinski definition) is 3. The predicted molar refractivity (Wildman–Crippen MR) is 137 cm³/mol. The lowest BCUT2D eigenvalue weighted by molar-refractivity contribution is 0.244. The first-order valence-electron chi connectivity index (χ1n) is 12.5. The molecule has 1 rings (SSSR count). The lowest BCUT2D eigenvalue weighted by atomic mass is 9.99. The van der Waals surface area contributed by atoms with E-state index in [9.17, 15) is 9.59 Å². The Balaban J connectivity index is 2.67. The maximum absolute atomic E-state index is 12.7. The summed E-state index contributed by atoms with van der Waals surface area (Å²) in [5, 5.41) is 8.97. The molecule has 0 bridgehead atoms. The number of carbonyl (C=O) groups excluding carboxylic acids is 2. The zero-order valence-corrected chi connectivity index (χ0v) is 21.2. The molecule has 0 aliphatic carbocycles. The average Bonchev–Trinajstić information content (AvgIpc) is 2.79. The van der Waals surface area contributed by atoms with Crippen molar-refractivity contribution < 1.29 is 9.59 Å². The van der Waals surface area contributed by atoms with Crippen molar-refractivity contribution in [3.8, 4) is 0 Å². The van der Waals surface area contributed by atoms with E-state index < -0.39 is 0 Å². The van der Waals surface area contributed by atoms with Crippen LogP contribution < -0.4 is 20.9 Å². The largest absolute Gasteiger partial charge is 0.338 e. The van der Waals surface area contributed by atoms with Crippen molar-refractivity contribution in [3.05, 3.63) is 23.8 Å². The van der Waals surface area contributed by atoms with E-state index in [4.69, 9.17) is 0 Å². The molecule has 0 aromatic heterocycles. The molecule has 4 amide bonds. The van der Waals surface area contributed by atoms with Gasteiger partial charge >= 0.3 is 12.1 Å². The van der Waals surface area contributed by atoms with Crippen LogP contribution in [0.15, 0.2) is 18.2 Å². The Bertz CT molecular complexity index is 692. The number of hydrogen-bond acceptors (Lipinski definition) is 2. The highest BCUT2D eigenvalue weighted by molar-refractivity contribution is 5.94. The van der Waals surface area contributed by atoms with Crippen LogP contribution in [-0.4, -0.2) is 32.2 Å². The molecule has 1 aromatic carbocycles. The number of unbranched alkanes of at least 4 members (excludes halogenated alkanes) is 2. The fourth-order valence-corrected chi connectivity index (χ4v) is 3.81. The number of benzene rings is 1. The monoisotopic (exact) mass is 446 g/mol. The molecule has 2 unspecified atom stereocenters. The third-order valence-electron chi connectivity index (χ3n) is 6.31. The highest BCUT2D eigenvalue weighted by Gasteiger charge is 2.16. The first-order chi connectivity index (χ1) is 15.4. The fraction of sp³-hybridized carbons (Fsp3) is 0.692. The van der Waals surface area contributed by atoms with Gasteiger partial charge in [0.15, 0.2) is 0 Å². The number of urea groups is 2. The molecule has 0 radical (unpaired) electrons. The molecule has 0 aliphatic rings. The number of aryl methyl sites for hydroxylation is 1. The third-order valence-corrected chi connectivity index (χ3v) is 6.31. The summed E-state index contributed by atoms with van der Waals surface area (Å²) in [7, 11) is 1.77. The zero-order chi connectivity index (χ0) is 23.9. The van der Waals surface area contributed by atoms with E-state index in [1.807, 2.05) is 25.1 Å². The molecule has 0 saturated heterocycles. The van der Waals surface area contributed by atoms with Gasteiger partial charge in [0, 0.05) is 25.8 Å². The molecule has 0 aliphatic heterocycles. The van der Waals surface area contributed by atoms with Gasteiger partial charge in [-0.3, -0.25) is 4.90 Å². The lowest BCUT2D eigenvalue weighted by Crippen LogP contribution is -2.40. The van der Waals surface area contributed by atoms with Crippen LogP contribution in [0.3, 0.4) is 0 Å². The van der Waals surface area contributed by atoms with Crippen molar-refractivity contribution in [2.45, 2.75) is 86.0 Å². The standard InChI is InChI=1S/C26H46N4O2/c1-7-11-13-21(9-3)18-27-25(31)29-23-16-15-20(5)24(17-23)30(6)26(32)28-19-22(10-4)14-12-8-2/h15-17,21-22H,7-14,18-19H2,1-6H3,(H,28,32)(H2,27,29,31). The maximum Gasteiger partial charge on any atom is 0.321 e. The van der Waals surface area contributed by atoms with Crippen LogP contribution in [0.5, 0.6) is 0 Å². The summed E-state index contributed by atoms with van der Waals surface area (Å²) < 4.78 is 0. The summed E-state index contributed by atoms with van der Waals surface area (Å²) >= 11 is 0. The summed E-state index contributed by atoms with van der Waals surface area (Å²) in [4.78, 5) is 26.8. The van der Waals surface area contributed by atoms with E-state index in [0.29, 0.717) is 30.6 Å². The molecule has 0 spiro atoms. The number of nitrogens with zero attached hydrogens (tertiary/aromatic N) is 1. The van der Waals surface area contributed by atoms with Gasteiger partial charge in [-0.2, -0.15) is 0 Å². The minimum atomic E-state index is -0.205. The number of rotatable bonds is 14. The van der Waals surface area contributed by atoms with E-state index in [1.165, 1.54) is 25.7 Å². The van der Waals surface area contributed by atoms with Crippen molar-refractivity contribution in [1.29, 1.82) is 0 Å². The quantitative estimate of drug-likeness (QED) is 0.298. The van der Waals surface area contributed by atoms with E-state index in [-0.39, 0.29) is 12.1 Å². The molecule has 1 aromatic rings. The second-order valence-corrected chi connectivity index (χ2v) is 8.91. The molecule has 182 valence electrons. The van der Waals surface area contributed by atoms with Crippen LogP contribution in [0.2, 0.25) is 0 Å². The van der Waals surface area contributed by atoms with Crippen LogP contribution in [0.1, 0.15) is 84.6 Å². The summed E-state index contributed by atoms with van der Waals surface area (Å²) in [6.07, 6.45) is 9.14. The van der Waals surface area contributed by atoms with Gasteiger partial charge in [0.05, 0.1) is 5.69 Å². The van der Waals surface area contributed by atoms with Crippen molar-refractivity contribution in [1.82, 2.24) is 10.6 Å². The number of amides is 4. The summed E-state index contributed by atoms with van der Waals surface area (Å²) in [6.45, 7) is 12.1. The molecule has 0 fully saturated rings. The number of carbonyl (C=O) groups is 2. The van der Waals surface area contributed by atoms with Crippen LogP contribution in [0.25, 0.3) is 0 Å². The SMILES string of the molecule is CCCCC(CC)CNC(=O)Nc1ccc(C)c(N(C)C(=O)NCC(CC)CCCC)c1. The van der Waals surface area contributed by atoms with Gasteiger partial charge < -0.3 is 16.0 Å². The van der Waals surface area contributed by atoms with Crippen LogP contribution in [0.4, 0.5) is 21.0 Å². The molecular weight excluding hydrogens is 400 g/mol. The average molecular weight is 447 g/mol. The second-order valence-electron chi connectivity index (χ2n) is 8.91. The van der Waals surface area contributed by atoms with Crippen molar-refractivity contribution >= 4 is 23.4 Å². The van der Waals surface area contributed by atoms with Gasteiger partial charge in [-0.15, -0.1) is 0 Å². The van der Waals surface area contributed by atoms with Gasteiger partial charge in [-0.25, -0.2) is 9.59 Å². The summed E-state index contributed by atoms with van der Waals surface area (Å²) in [6, 6.07) is 5.34. The second kappa shape index (κ2) is 15.5. The molecule has 3 N–H and O–H groups in total. The molecule has 32 heavy (non-hydrogen) atoms.